The molecule has 0 saturated heterocycles. The largest absolute Gasteiger partial charge is 0.434 e. The molecule has 0 bridgehead atoms. The summed E-state index contributed by atoms with van der Waals surface area (Å²) >= 11 is 0. The van der Waals surface area contributed by atoms with Gasteiger partial charge in [-0.25, -0.2) is 0 Å². The van der Waals surface area contributed by atoms with Crippen LogP contribution in [-0.2, 0) is 9.53 Å². The average Bonchev–Trinajstić information content (AvgIpc) is 2.68. The zero-order chi connectivity index (χ0) is 20.6. The summed E-state index contributed by atoms with van der Waals surface area (Å²) in [4.78, 5) is 12.7. The van der Waals surface area contributed by atoms with Crippen molar-refractivity contribution in [1.29, 1.82) is 0 Å². The van der Waals surface area contributed by atoms with Gasteiger partial charge in [-0.2, -0.15) is 0 Å². The molecule has 0 spiro atoms. The van der Waals surface area contributed by atoms with E-state index in [2.05, 4.69) is 45.9 Å². The fraction of sp³-hybridized carbons (Fsp3) is 0.423. The zero-order valence-electron chi connectivity index (χ0n) is 18.0. The Balaban J connectivity index is 2.70. The van der Waals surface area contributed by atoms with Crippen LogP contribution in [0.15, 0.2) is 78.1 Å². The highest BCUT2D eigenvalue weighted by Gasteiger charge is 2.20. The molecule has 0 heterocycles. The van der Waals surface area contributed by atoms with Crippen molar-refractivity contribution in [2.45, 2.75) is 72.1 Å². The van der Waals surface area contributed by atoms with Crippen molar-refractivity contribution in [1.82, 2.24) is 0 Å². The minimum Gasteiger partial charge on any atom is -0.434 e. The lowest BCUT2D eigenvalue weighted by molar-refractivity contribution is -0.139. The average molecular weight is 381 g/mol. The van der Waals surface area contributed by atoms with E-state index in [9.17, 15) is 4.79 Å². The second-order valence-corrected chi connectivity index (χ2v) is 7.41. The summed E-state index contributed by atoms with van der Waals surface area (Å²) in [6.45, 7) is 8.54. The SMILES string of the molecule is CCCCC=CC=COC(=O)C(CC=C(C)CCC=C(C)C)c1ccccc1. The molecule has 152 valence electrons. The Bertz CT molecular complexity index is 674. The van der Waals surface area contributed by atoms with Crippen molar-refractivity contribution in [2.75, 3.05) is 0 Å². The van der Waals surface area contributed by atoms with E-state index in [1.807, 2.05) is 36.4 Å². The standard InChI is InChI=1S/C26H36O2/c1-5-6-7-8-9-13-21-28-26(27)25(24-17-11-10-12-18-24)20-19-23(4)16-14-15-22(2)3/h8-13,15,17-19,21,25H,5-7,14,16,20H2,1-4H3. The van der Waals surface area contributed by atoms with Crippen molar-refractivity contribution in [3.8, 4) is 0 Å². The van der Waals surface area contributed by atoms with Crippen LogP contribution in [0.3, 0.4) is 0 Å². The second kappa shape index (κ2) is 14.7. The lowest BCUT2D eigenvalue weighted by Crippen LogP contribution is -2.13. The lowest BCUT2D eigenvalue weighted by Gasteiger charge is -2.14. The molecule has 28 heavy (non-hydrogen) atoms. The number of allylic oxidation sites excluding steroid dienone is 7. The number of carbonyl (C=O) groups is 1. The Labute approximate surface area is 171 Å². The summed E-state index contributed by atoms with van der Waals surface area (Å²) in [7, 11) is 0. The smallest absolute Gasteiger partial charge is 0.318 e. The van der Waals surface area contributed by atoms with Gasteiger partial charge in [0, 0.05) is 0 Å². The monoisotopic (exact) mass is 380 g/mol. The van der Waals surface area contributed by atoms with E-state index in [1.54, 1.807) is 6.08 Å². The fourth-order valence-electron chi connectivity index (χ4n) is 2.79. The number of unbranched alkanes of at least 4 members (excludes halogenated alkanes) is 2. The molecule has 0 fully saturated rings. The molecule has 0 aliphatic heterocycles. The van der Waals surface area contributed by atoms with Gasteiger partial charge in [-0.15, -0.1) is 0 Å². The van der Waals surface area contributed by atoms with Crippen molar-refractivity contribution in [3.05, 3.63) is 83.7 Å². The molecule has 0 amide bonds. The Hall–Kier alpha value is -2.35. The van der Waals surface area contributed by atoms with Gasteiger partial charge in [-0.3, -0.25) is 4.79 Å². The van der Waals surface area contributed by atoms with Crippen LogP contribution in [0.1, 0.15) is 77.7 Å². The van der Waals surface area contributed by atoms with Gasteiger partial charge in [0.2, 0.25) is 0 Å². The topological polar surface area (TPSA) is 26.3 Å². The second-order valence-electron chi connectivity index (χ2n) is 7.41. The number of hydrogen-bond acceptors (Lipinski definition) is 2. The third-order valence-corrected chi connectivity index (χ3v) is 4.51. The van der Waals surface area contributed by atoms with E-state index >= 15 is 0 Å². The lowest BCUT2D eigenvalue weighted by atomic mass is 9.94. The highest BCUT2D eigenvalue weighted by Crippen LogP contribution is 2.23. The van der Waals surface area contributed by atoms with Gasteiger partial charge in [0.15, 0.2) is 0 Å². The Kier molecular flexibility index (Phi) is 12.4. The summed E-state index contributed by atoms with van der Waals surface area (Å²) in [5, 5.41) is 0. The predicted molar refractivity (Wildman–Crippen MR) is 120 cm³/mol. The maximum atomic E-state index is 12.7. The summed E-state index contributed by atoms with van der Waals surface area (Å²) < 4.78 is 5.40. The molecule has 2 nitrogen and oxygen atoms in total. The number of hydrogen-bond donors (Lipinski definition) is 0. The molecule has 1 unspecified atom stereocenters. The molecule has 0 aliphatic rings. The molecule has 0 N–H and O–H groups in total. The molecule has 1 aromatic carbocycles. The van der Waals surface area contributed by atoms with Crippen LogP contribution >= 0.6 is 0 Å². The fourth-order valence-corrected chi connectivity index (χ4v) is 2.79. The normalized spacial score (nSPS) is 13.1. The Morgan fingerprint density at radius 1 is 1.04 bits per heavy atom. The highest BCUT2D eigenvalue weighted by atomic mass is 16.5. The van der Waals surface area contributed by atoms with Gasteiger partial charge >= 0.3 is 5.97 Å². The van der Waals surface area contributed by atoms with E-state index in [0.29, 0.717) is 6.42 Å². The van der Waals surface area contributed by atoms with Crippen molar-refractivity contribution >= 4 is 5.97 Å². The zero-order valence-corrected chi connectivity index (χ0v) is 18.0. The first-order valence-corrected chi connectivity index (χ1v) is 10.4. The third-order valence-electron chi connectivity index (χ3n) is 4.51. The number of esters is 1. The highest BCUT2D eigenvalue weighted by molar-refractivity contribution is 5.79. The van der Waals surface area contributed by atoms with Crippen molar-refractivity contribution in [3.63, 3.8) is 0 Å². The molecular weight excluding hydrogens is 344 g/mol. The Morgan fingerprint density at radius 2 is 1.79 bits per heavy atom. The minimum atomic E-state index is -0.284. The molecule has 0 radical (unpaired) electrons. The van der Waals surface area contributed by atoms with Crippen LogP contribution in [0.4, 0.5) is 0 Å². The first kappa shape index (κ1) is 23.7. The molecular formula is C26H36O2. The summed E-state index contributed by atoms with van der Waals surface area (Å²) in [6.07, 6.45) is 17.9. The van der Waals surface area contributed by atoms with Crippen molar-refractivity contribution in [2.24, 2.45) is 0 Å². The van der Waals surface area contributed by atoms with E-state index in [0.717, 1.165) is 24.8 Å². The number of rotatable bonds is 12. The molecule has 0 aromatic heterocycles. The van der Waals surface area contributed by atoms with Crippen LogP contribution in [-0.4, -0.2) is 5.97 Å². The van der Waals surface area contributed by atoms with Gasteiger partial charge < -0.3 is 4.74 Å². The van der Waals surface area contributed by atoms with Crippen molar-refractivity contribution < 1.29 is 9.53 Å². The maximum Gasteiger partial charge on any atom is 0.318 e. The van der Waals surface area contributed by atoms with E-state index in [4.69, 9.17) is 4.74 Å². The summed E-state index contributed by atoms with van der Waals surface area (Å²) in [5.74, 6) is -0.494. The van der Waals surface area contributed by atoms with Gasteiger partial charge in [0.05, 0.1) is 12.2 Å². The van der Waals surface area contributed by atoms with Gasteiger partial charge in [-0.1, -0.05) is 85.5 Å². The Morgan fingerprint density at radius 3 is 2.46 bits per heavy atom. The quantitative estimate of drug-likeness (QED) is 0.122. The predicted octanol–water partition coefficient (Wildman–Crippen LogP) is 7.66. The van der Waals surface area contributed by atoms with Crippen LogP contribution in [0.25, 0.3) is 0 Å². The number of carbonyl (C=O) groups excluding carboxylic acids is 1. The maximum absolute atomic E-state index is 12.7. The van der Waals surface area contributed by atoms with E-state index < -0.39 is 0 Å². The van der Waals surface area contributed by atoms with Crippen LogP contribution < -0.4 is 0 Å². The first-order chi connectivity index (χ1) is 13.5. The molecule has 1 aromatic rings. The van der Waals surface area contributed by atoms with Gasteiger partial charge in [-0.05, 0) is 58.1 Å². The third kappa shape index (κ3) is 10.7. The van der Waals surface area contributed by atoms with E-state index in [-0.39, 0.29) is 11.9 Å². The van der Waals surface area contributed by atoms with Crippen LogP contribution in [0.5, 0.6) is 0 Å². The summed E-state index contributed by atoms with van der Waals surface area (Å²) in [5.41, 5.74) is 3.64. The van der Waals surface area contributed by atoms with Crippen LogP contribution in [0, 0.1) is 0 Å². The molecule has 2 heteroatoms. The summed E-state index contributed by atoms with van der Waals surface area (Å²) in [6, 6.07) is 9.88. The first-order valence-electron chi connectivity index (χ1n) is 10.4. The van der Waals surface area contributed by atoms with E-state index in [1.165, 1.54) is 30.2 Å². The van der Waals surface area contributed by atoms with Gasteiger partial charge in [0.1, 0.15) is 0 Å². The van der Waals surface area contributed by atoms with Gasteiger partial charge in [0.25, 0.3) is 0 Å². The minimum absolute atomic E-state index is 0.210. The number of ether oxygens (including phenoxy) is 1. The molecule has 1 rings (SSSR count). The molecule has 0 aliphatic carbocycles. The number of benzene rings is 1. The molecule has 0 saturated carbocycles. The van der Waals surface area contributed by atoms with Crippen LogP contribution in [0.2, 0.25) is 0 Å². The molecule has 1 atom stereocenters.